The van der Waals surface area contributed by atoms with Crippen LogP contribution in [0, 0.1) is 13.8 Å². The van der Waals surface area contributed by atoms with E-state index in [1.54, 1.807) is 19.9 Å². The summed E-state index contributed by atoms with van der Waals surface area (Å²) in [5, 5.41) is 10.2. The van der Waals surface area contributed by atoms with E-state index in [1.165, 1.54) is 6.92 Å². The molecule has 17 heavy (non-hydrogen) atoms. The number of carbonyl (C=O) groups is 1. The van der Waals surface area contributed by atoms with Gasteiger partial charge in [-0.15, -0.1) is 6.58 Å². The number of phenolic OH excluding ortho intramolecular Hbond substituents is 1. The molecule has 0 radical (unpaired) electrons. The highest BCUT2D eigenvalue weighted by Crippen LogP contribution is 2.41. The number of hydrogen-bond acceptors (Lipinski definition) is 3. The molecule has 0 fully saturated rings. The second kappa shape index (κ2) is 5.23. The predicted octanol–water partition coefficient (Wildman–Crippen LogP) is 3.32. The van der Waals surface area contributed by atoms with Gasteiger partial charge in [-0.2, -0.15) is 0 Å². The third-order valence-corrected chi connectivity index (χ3v) is 3.00. The maximum absolute atomic E-state index is 11.0. The number of aromatic hydroxyl groups is 1. The number of rotatable bonds is 3. The minimum Gasteiger partial charge on any atom is -0.507 e. The summed E-state index contributed by atoms with van der Waals surface area (Å²) < 4.78 is 5.08. The SMILES string of the molecule is C=CCc1c(O)c(C)c(C)c(OC(C)=O)c1Cl. The molecule has 0 amide bonds. The van der Waals surface area contributed by atoms with E-state index in [0.29, 0.717) is 28.9 Å². The van der Waals surface area contributed by atoms with Crippen LogP contribution < -0.4 is 4.74 Å². The van der Waals surface area contributed by atoms with Crippen LogP contribution >= 0.6 is 11.6 Å². The van der Waals surface area contributed by atoms with E-state index in [1.807, 2.05) is 0 Å². The monoisotopic (exact) mass is 254 g/mol. The molecule has 0 unspecified atom stereocenters. The lowest BCUT2D eigenvalue weighted by atomic mass is 10.0. The average molecular weight is 255 g/mol. The van der Waals surface area contributed by atoms with E-state index >= 15 is 0 Å². The predicted molar refractivity (Wildman–Crippen MR) is 67.8 cm³/mol. The highest BCUT2D eigenvalue weighted by atomic mass is 35.5. The molecule has 0 heterocycles. The number of benzene rings is 1. The Bertz CT molecular complexity index is 478. The molecule has 0 aliphatic carbocycles. The van der Waals surface area contributed by atoms with Crippen LogP contribution in [-0.4, -0.2) is 11.1 Å². The van der Waals surface area contributed by atoms with Crippen molar-refractivity contribution in [3.8, 4) is 11.5 Å². The lowest BCUT2D eigenvalue weighted by molar-refractivity contribution is -0.131. The van der Waals surface area contributed by atoms with E-state index in [-0.39, 0.29) is 10.8 Å². The summed E-state index contributed by atoms with van der Waals surface area (Å²) in [7, 11) is 0. The molecule has 0 aliphatic heterocycles. The zero-order chi connectivity index (χ0) is 13.2. The molecule has 3 nitrogen and oxygen atoms in total. The fourth-order valence-electron chi connectivity index (χ4n) is 1.58. The Balaban J connectivity index is 3.48. The van der Waals surface area contributed by atoms with Gasteiger partial charge in [0.1, 0.15) is 5.75 Å². The number of phenols is 1. The molecule has 0 aromatic heterocycles. The molecule has 92 valence electrons. The van der Waals surface area contributed by atoms with Crippen molar-refractivity contribution in [3.63, 3.8) is 0 Å². The first-order chi connectivity index (χ1) is 7.90. The van der Waals surface area contributed by atoms with Crippen molar-refractivity contribution in [1.29, 1.82) is 0 Å². The van der Waals surface area contributed by atoms with Gasteiger partial charge < -0.3 is 9.84 Å². The van der Waals surface area contributed by atoms with E-state index in [4.69, 9.17) is 16.3 Å². The Morgan fingerprint density at radius 3 is 2.53 bits per heavy atom. The number of allylic oxidation sites excluding steroid dienone is 1. The molecule has 0 aliphatic rings. The highest BCUT2D eigenvalue weighted by Gasteiger charge is 2.19. The minimum absolute atomic E-state index is 0.128. The van der Waals surface area contributed by atoms with Crippen LogP contribution in [0.15, 0.2) is 12.7 Å². The third kappa shape index (κ3) is 2.61. The lowest BCUT2D eigenvalue weighted by Gasteiger charge is -2.16. The second-order valence-corrected chi connectivity index (χ2v) is 4.18. The summed E-state index contributed by atoms with van der Waals surface area (Å²) in [6.45, 7) is 8.41. The van der Waals surface area contributed by atoms with Crippen molar-refractivity contribution in [1.82, 2.24) is 0 Å². The van der Waals surface area contributed by atoms with Gasteiger partial charge in [0, 0.05) is 12.5 Å². The van der Waals surface area contributed by atoms with Crippen LogP contribution in [0.5, 0.6) is 11.5 Å². The fraction of sp³-hybridized carbons (Fsp3) is 0.308. The van der Waals surface area contributed by atoms with Crippen molar-refractivity contribution < 1.29 is 14.6 Å². The zero-order valence-corrected chi connectivity index (χ0v) is 10.9. The highest BCUT2D eigenvalue weighted by molar-refractivity contribution is 6.33. The Morgan fingerprint density at radius 2 is 2.06 bits per heavy atom. The first-order valence-corrected chi connectivity index (χ1v) is 5.57. The maximum Gasteiger partial charge on any atom is 0.308 e. The van der Waals surface area contributed by atoms with Gasteiger partial charge in [-0.25, -0.2) is 0 Å². The standard InChI is InChI=1S/C13H15ClO3/c1-5-6-10-11(14)13(17-9(4)15)8(3)7(2)12(10)16/h5,16H,1,6H2,2-4H3. The van der Waals surface area contributed by atoms with E-state index < -0.39 is 5.97 Å². The number of carbonyl (C=O) groups excluding carboxylic acids is 1. The van der Waals surface area contributed by atoms with Gasteiger partial charge in [0.2, 0.25) is 0 Å². The summed E-state index contributed by atoms with van der Waals surface area (Å²) in [5.74, 6) is -0.000684. The molecule has 0 bridgehead atoms. The molecule has 0 atom stereocenters. The van der Waals surface area contributed by atoms with Crippen LogP contribution in [0.1, 0.15) is 23.6 Å². The molecule has 1 N–H and O–H groups in total. The normalized spacial score (nSPS) is 10.1. The van der Waals surface area contributed by atoms with Gasteiger partial charge in [0.05, 0.1) is 5.02 Å². The quantitative estimate of drug-likeness (QED) is 0.511. The summed E-state index contributed by atoms with van der Waals surface area (Å²) in [6.07, 6.45) is 2.05. The molecule has 1 aromatic carbocycles. The molecule has 0 spiro atoms. The summed E-state index contributed by atoms with van der Waals surface area (Å²) in [6, 6.07) is 0. The first-order valence-electron chi connectivity index (χ1n) is 5.20. The van der Waals surface area contributed by atoms with Gasteiger partial charge in [-0.1, -0.05) is 17.7 Å². The largest absolute Gasteiger partial charge is 0.507 e. The van der Waals surface area contributed by atoms with Crippen molar-refractivity contribution in [3.05, 3.63) is 34.4 Å². The van der Waals surface area contributed by atoms with Crippen LogP contribution in [0.4, 0.5) is 0 Å². The van der Waals surface area contributed by atoms with Crippen molar-refractivity contribution in [2.24, 2.45) is 0 Å². The molecule has 1 aromatic rings. The molecular formula is C13H15ClO3. The Labute approximate surface area is 106 Å². The van der Waals surface area contributed by atoms with Gasteiger partial charge in [0.25, 0.3) is 0 Å². The summed E-state index contributed by atoms with van der Waals surface area (Å²) in [4.78, 5) is 11.0. The lowest BCUT2D eigenvalue weighted by Crippen LogP contribution is -2.06. The molecule has 1 rings (SSSR count). The maximum atomic E-state index is 11.0. The zero-order valence-electron chi connectivity index (χ0n) is 10.1. The number of hydrogen-bond donors (Lipinski definition) is 1. The first kappa shape index (κ1) is 13.6. The van der Waals surface area contributed by atoms with Crippen LogP contribution in [-0.2, 0) is 11.2 Å². The summed E-state index contributed by atoms with van der Waals surface area (Å²) >= 11 is 6.13. The van der Waals surface area contributed by atoms with Crippen LogP contribution in [0.25, 0.3) is 0 Å². The van der Waals surface area contributed by atoms with Crippen LogP contribution in [0.3, 0.4) is 0 Å². The number of ether oxygens (including phenoxy) is 1. The van der Waals surface area contributed by atoms with Gasteiger partial charge in [0.15, 0.2) is 5.75 Å². The Morgan fingerprint density at radius 1 is 1.47 bits per heavy atom. The minimum atomic E-state index is -0.440. The molecule has 0 saturated heterocycles. The summed E-state index contributed by atoms with van der Waals surface area (Å²) in [5.41, 5.74) is 1.85. The molecule has 4 heteroatoms. The van der Waals surface area contributed by atoms with Crippen molar-refractivity contribution >= 4 is 17.6 Å². The topological polar surface area (TPSA) is 46.5 Å². The Hall–Kier alpha value is -1.48. The smallest absolute Gasteiger partial charge is 0.308 e. The van der Waals surface area contributed by atoms with Gasteiger partial charge in [-0.3, -0.25) is 4.79 Å². The van der Waals surface area contributed by atoms with Gasteiger partial charge >= 0.3 is 5.97 Å². The van der Waals surface area contributed by atoms with E-state index in [9.17, 15) is 9.90 Å². The second-order valence-electron chi connectivity index (χ2n) is 3.81. The van der Waals surface area contributed by atoms with Gasteiger partial charge in [-0.05, 0) is 31.4 Å². The molecular weight excluding hydrogens is 240 g/mol. The van der Waals surface area contributed by atoms with Crippen LogP contribution in [0.2, 0.25) is 5.02 Å². The van der Waals surface area contributed by atoms with E-state index in [0.717, 1.165) is 0 Å². The fourth-order valence-corrected chi connectivity index (χ4v) is 1.92. The average Bonchev–Trinajstić information content (AvgIpc) is 2.27. The third-order valence-electron chi connectivity index (χ3n) is 2.60. The van der Waals surface area contributed by atoms with E-state index in [2.05, 4.69) is 6.58 Å². The number of esters is 1. The van der Waals surface area contributed by atoms with Crippen molar-refractivity contribution in [2.75, 3.05) is 0 Å². The number of halogens is 1. The van der Waals surface area contributed by atoms with Crippen molar-refractivity contribution in [2.45, 2.75) is 27.2 Å². The molecule has 0 saturated carbocycles. The Kier molecular flexibility index (Phi) is 4.18.